The summed E-state index contributed by atoms with van der Waals surface area (Å²) in [6.07, 6.45) is 1.55. The molecule has 0 aromatic heterocycles. The number of ether oxygens (including phenoxy) is 2. The highest BCUT2D eigenvalue weighted by Gasteiger charge is 2.23. The van der Waals surface area contributed by atoms with Crippen molar-refractivity contribution in [3.05, 3.63) is 61.7 Å². The lowest BCUT2D eigenvalue weighted by atomic mass is 10.1. The van der Waals surface area contributed by atoms with Crippen molar-refractivity contribution in [1.29, 1.82) is 0 Å². The van der Waals surface area contributed by atoms with Gasteiger partial charge in [-0.3, -0.25) is 10.1 Å². The Hall–Kier alpha value is -2.22. The Morgan fingerprint density at radius 1 is 1.07 bits per heavy atom. The van der Waals surface area contributed by atoms with Crippen molar-refractivity contribution in [3.63, 3.8) is 0 Å². The molecule has 2 aromatic carbocycles. The Kier molecular flexibility index (Phi) is 6.49. The van der Waals surface area contributed by atoms with Gasteiger partial charge in [-0.05, 0) is 64.3 Å². The molecule has 3 rings (SSSR count). The van der Waals surface area contributed by atoms with Gasteiger partial charge in [0, 0.05) is 0 Å². The molecule has 1 aliphatic heterocycles. The third kappa shape index (κ3) is 4.79. The minimum atomic E-state index is -0.554. The number of amides is 3. The van der Waals surface area contributed by atoms with Crippen molar-refractivity contribution in [2.45, 2.75) is 13.5 Å². The van der Waals surface area contributed by atoms with Crippen LogP contribution in [0.3, 0.4) is 0 Å². The summed E-state index contributed by atoms with van der Waals surface area (Å²) in [5.74, 6) is 0.516. The fourth-order valence-electron chi connectivity index (χ4n) is 2.51. The number of nitrogens with one attached hydrogen (secondary N) is 2. The Morgan fingerprint density at radius 2 is 1.86 bits per heavy atom. The van der Waals surface area contributed by atoms with Crippen molar-refractivity contribution >= 4 is 57.1 Å². The largest absolute Gasteiger partial charge is 0.490 e. The maximum absolute atomic E-state index is 11.7. The second kappa shape index (κ2) is 8.86. The van der Waals surface area contributed by atoms with Crippen LogP contribution in [-0.4, -0.2) is 18.5 Å². The molecule has 0 bridgehead atoms. The first-order valence-corrected chi connectivity index (χ1v) is 9.79. The summed E-state index contributed by atoms with van der Waals surface area (Å²) in [5.41, 5.74) is 1.66. The Balaban J connectivity index is 1.86. The molecular weight excluding hydrogens is 471 g/mol. The number of urea groups is 1. The molecule has 146 valence electrons. The van der Waals surface area contributed by atoms with Gasteiger partial charge in [0.1, 0.15) is 12.3 Å². The maximum Gasteiger partial charge on any atom is 0.326 e. The van der Waals surface area contributed by atoms with E-state index >= 15 is 0 Å². The van der Waals surface area contributed by atoms with Crippen LogP contribution in [0.1, 0.15) is 18.1 Å². The van der Waals surface area contributed by atoms with E-state index in [4.69, 9.17) is 32.7 Å². The van der Waals surface area contributed by atoms with E-state index in [2.05, 4.69) is 26.6 Å². The molecule has 0 saturated carbocycles. The molecular formula is C19H15BrCl2N2O4. The fourth-order valence-corrected chi connectivity index (χ4v) is 3.40. The Morgan fingerprint density at radius 3 is 2.50 bits per heavy atom. The van der Waals surface area contributed by atoms with Gasteiger partial charge in [-0.25, -0.2) is 4.79 Å². The van der Waals surface area contributed by atoms with Gasteiger partial charge in [0.15, 0.2) is 11.5 Å². The molecule has 3 amide bonds. The zero-order valence-electron chi connectivity index (χ0n) is 14.6. The summed E-state index contributed by atoms with van der Waals surface area (Å²) in [4.78, 5) is 23.0. The second-order valence-electron chi connectivity index (χ2n) is 5.77. The molecule has 1 aliphatic rings. The van der Waals surface area contributed by atoms with E-state index in [0.29, 0.717) is 38.2 Å². The van der Waals surface area contributed by atoms with Gasteiger partial charge >= 0.3 is 6.03 Å². The van der Waals surface area contributed by atoms with Crippen LogP contribution in [0.25, 0.3) is 6.08 Å². The smallest absolute Gasteiger partial charge is 0.326 e. The third-order valence-electron chi connectivity index (χ3n) is 3.73. The van der Waals surface area contributed by atoms with Gasteiger partial charge in [-0.1, -0.05) is 29.3 Å². The molecule has 2 N–H and O–H groups in total. The predicted octanol–water partition coefficient (Wildman–Crippen LogP) is 4.91. The summed E-state index contributed by atoms with van der Waals surface area (Å²) < 4.78 is 12.2. The lowest BCUT2D eigenvalue weighted by Crippen LogP contribution is -2.22. The molecule has 0 unspecified atom stereocenters. The van der Waals surface area contributed by atoms with Gasteiger partial charge < -0.3 is 14.8 Å². The molecule has 0 atom stereocenters. The molecule has 0 aliphatic carbocycles. The van der Waals surface area contributed by atoms with Crippen LogP contribution in [0, 0.1) is 0 Å². The summed E-state index contributed by atoms with van der Waals surface area (Å²) in [6, 6.07) is 8.20. The Labute approximate surface area is 179 Å². The maximum atomic E-state index is 11.7. The van der Waals surface area contributed by atoms with E-state index in [9.17, 15) is 9.59 Å². The number of benzene rings is 2. The number of rotatable bonds is 6. The predicted molar refractivity (Wildman–Crippen MR) is 111 cm³/mol. The van der Waals surface area contributed by atoms with E-state index in [1.54, 1.807) is 30.3 Å². The minimum Gasteiger partial charge on any atom is -0.490 e. The van der Waals surface area contributed by atoms with Crippen molar-refractivity contribution < 1.29 is 19.1 Å². The molecule has 1 saturated heterocycles. The molecule has 1 heterocycles. The minimum absolute atomic E-state index is 0.156. The lowest BCUT2D eigenvalue weighted by molar-refractivity contribution is -0.115. The van der Waals surface area contributed by atoms with Gasteiger partial charge in [-0.2, -0.15) is 0 Å². The zero-order valence-corrected chi connectivity index (χ0v) is 17.7. The standard InChI is InChI=1S/C19H15BrCl2N2O4/c1-2-27-16-8-11(7-15-18(25)24-19(26)23-15)5-12(20)17(16)28-9-10-3-4-13(21)14(22)6-10/h3-8H,2,9H2,1H3,(H2,23,24,25,26)/b15-7+. The van der Waals surface area contributed by atoms with Crippen LogP contribution < -0.4 is 20.1 Å². The summed E-state index contributed by atoms with van der Waals surface area (Å²) in [6.45, 7) is 2.54. The van der Waals surface area contributed by atoms with E-state index in [-0.39, 0.29) is 12.3 Å². The van der Waals surface area contributed by atoms with Crippen molar-refractivity contribution in [3.8, 4) is 11.5 Å². The third-order valence-corrected chi connectivity index (χ3v) is 5.06. The van der Waals surface area contributed by atoms with Crippen LogP contribution in [0.4, 0.5) is 4.79 Å². The number of hydrogen-bond donors (Lipinski definition) is 2. The SMILES string of the molecule is CCOc1cc(/C=C2/NC(=O)NC2=O)cc(Br)c1OCc1ccc(Cl)c(Cl)c1. The van der Waals surface area contributed by atoms with Gasteiger partial charge in [0.05, 0.1) is 21.1 Å². The van der Waals surface area contributed by atoms with Crippen molar-refractivity contribution in [2.75, 3.05) is 6.61 Å². The summed E-state index contributed by atoms with van der Waals surface area (Å²) in [7, 11) is 0. The van der Waals surface area contributed by atoms with Crippen LogP contribution in [0.15, 0.2) is 40.5 Å². The van der Waals surface area contributed by atoms with Gasteiger partial charge in [0.2, 0.25) is 0 Å². The van der Waals surface area contributed by atoms with Gasteiger partial charge in [-0.15, -0.1) is 0 Å². The number of hydrogen-bond acceptors (Lipinski definition) is 4. The molecule has 0 spiro atoms. The number of halogens is 3. The number of carbonyl (C=O) groups is 2. The summed E-state index contributed by atoms with van der Waals surface area (Å²) >= 11 is 15.5. The highest BCUT2D eigenvalue weighted by Crippen LogP contribution is 2.38. The zero-order chi connectivity index (χ0) is 20.3. The molecule has 6 nitrogen and oxygen atoms in total. The van der Waals surface area contributed by atoms with Crippen molar-refractivity contribution in [2.24, 2.45) is 0 Å². The highest BCUT2D eigenvalue weighted by molar-refractivity contribution is 9.10. The first kappa shape index (κ1) is 20.5. The number of carbonyl (C=O) groups excluding carboxylic acids is 2. The first-order valence-electron chi connectivity index (χ1n) is 8.24. The van der Waals surface area contributed by atoms with Crippen LogP contribution >= 0.6 is 39.1 Å². The lowest BCUT2D eigenvalue weighted by Gasteiger charge is -2.15. The van der Waals surface area contributed by atoms with E-state index < -0.39 is 11.9 Å². The Bertz CT molecular complexity index is 979. The summed E-state index contributed by atoms with van der Waals surface area (Å²) in [5, 5.41) is 5.52. The fraction of sp³-hybridized carbons (Fsp3) is 0.158. The molecule has 1 fully saturated rings. The highest BCUT2D eigenvalue weighted by atomic mass is 79.9. The topological polar surface area (TPSA) is 76.7 Å². The van der Waals surface area contributed by atoms with Crippen molar-refractivity contribution in [1.82, 2.24) is 10.6 Å². The second-order valence-corrected chi connectivity index (χ2v) is 7.44. The van der Waals surface area contributed by atoms with Crippen LogP contribution in [-0.2, 0) is 11.4 Å². The quantitative estimate of drug-likeness (QED) is 0.450. The molecule has 2 aromatic rings. The molecule has 28 heavy (non-hydrogen) atoms. The average molecular weight is 486 g/mol. The van der Waals surface area contributed by atoms with E-state index in [1.807, 2.05) is 13.0 Å². The van der Waals surface area contributed by atoms with E-state index in [1.165, 1.54) is 0 Å². The number of imide groups is 1. The average Bonchev–Trinajstić information content (AvgIpc) is 2.94. The van der Waals surface area contributed by atoms with Gasteiger partial charge in [0.25, 0.3) is 5.91 Å². The molecule has 9 heteroatoms. The normalized spacial score (nSPS) is 14.8. The monoisotopic (exact) mass is 484 g/mol. The van der Waals surface area contributed by atoms with Crippen LogP contribution in [0.2, 0.25) is 10.0 Å². The first-order chi connectivity index (χ1) is 13.4. The van der Waals surface area contributed by atoms with E-state index in [0.717, 1.165) is 5.56 Å². The van der Waals surface area contributed by atoms with Crippen LogP contribution in [0.5, 0.6) is 11.5 Å². The molecule has 0 radical (unpaired) electrons.